The molecule has 0 aliphatic rings. The molecule has 1 aromatic rings. The van der Waals surface area contributed by atoms with Gasteiger partial charge in [0, 0.05) is 16.3 Å². The topological polar surface area (TPSA) is 35.2 Å². The summed E-state index contributed by atoms with van der Waals surface area (Å²) >= 11 is 1.75. The normalized spacial score (nSPS) is 10.4. The maximum absolute atomic E-state index is 5.56. The third-order valence-corrected chi connectivity index (χ3v) is 3.11. The van der Waals surface area contributed by atoms with Crippen LogP contribution in [0.2, 0.25) is 0 Å². The van der Waals surface area contributed by atoms with Gasteiger partial charge < -0.3 is 10.5 Å². The van der Waals surface area contributed by atoms with Crippen molar-refractivity contribution in [2.45, 2.75) is 26.5 Å². The zero-order valence-electron chi connectivity index (χ0n) is 8.58. The molecular weight excluding hydrogens is 194 g/mol. The Morgan fingerprint density at radius 3 is 3.00 bits per heavy atom. The molecule has 0 radical (unpaired) electrons. The molecule has 0 spiro atoms. The average molecular weight is 211 g/mol. The zero-order chi connectivity index (χ0) is 10.4. The van der Waals surface area contributed by atoms with E-state index in [1.54, 1.807) is 11.3 Å². The van der Waals surface area contributed by atoms with E-state index >= 15 is 0 Å². The first kappa shape index (κ1) is 11.4. The number of aryl methyl sites for hydroxylation is 1. The van der Waals surface area contributed by atoms with E-state index in [4.69, 9.17) is 10.5 Å². The fourth-order valence-electron chi connectivity index (χ4n) is 1.18. The highest BCUT2D eigenvalue weighted by atomic mass is 32.1. The van der Waals surface area contributed by atoms with Gasteiger partial charge >= 0.3 is 0 Å². The van der Waals surface area contributed by atoms with E-state index in [2.05, 4.69) is 19.6 Å². The van der Waals surface area contributed by atoms with Gasteiger partial charge in [-0.3, -0.25) is 0 Å². The van der Waals surface area contributed by atoms with Gasteiger partial charge in [-0.25, -0.2) is 0 Å². The fraction of sp³-hybridized carbons (Fsp3) is 0.455. The van der Waals surface area contributed by atoms with E-state index in [0.717, 1.165) is 13.0 Å². The fourth-order valence-corrected chi connectivity index (χ4v) is 2.11. The molecule has 0 aliphatic carbocycles. The number of nitrogens with two attached hydrogens (primary N) is 1. The first-order valence-corrected chi connectivity index (χ1v) is 5.56. The van der Waals surface area contributed by atoms with Gasteiger partial charge in [0.1, 0.15) is 0 Å². The van der Waals surface area contributed by atoms with Crippen LogP contribution in [0.5, 0.6) is 0 Å². The van der Waals surface area contributed by atoms with E-state index < -0.39 is 0 Å². The van der Waals surface area contributed by atoms with Crippen molar-refractivity contribution in [2.24, 2.45) is 5.73 Å². The van der Waals surface area contributed by atoms with Gasteiger partial charge in [0.15, 0.2) is 0 Å². The first-order chi connectivity index (χ1) is 6.77. The molecule has 1 aromatic heterocycles. The quantitative estimate of drug-likeness (QED) is 0.580. The Morgan fingerprint density at radius 1 is 1.64 bits per heavy atom. The number of thiophene rings is 1. The average Bonchev–Trinajstić information content (AvgIpc) is 2.54. The third kappa shape index (κ3) is 3.25. The summed E-state index contributed by atoms with van der Waals surface area (Å²) in [7, 11) is 0. The molecule has 2 nitrogen and oxygen atoms in total. The lowest BCUT2D eigenvalue weighted by Gasteiger charge is -2.00. The minimum absolute atomic E-state index is 0.623. The molecule has 0 aliphatic heterocycles. The highest BCUT2D eigenvalue weighted by Gasteiger charge is 2.03. The monoisotopic (exact) mass is 211 g/mol. The molecule has 0 saturated heterocycles. The summed E-state index contributed by atoms with van der Waals surface area (Å²) in [5, 5.41) is 0. The molecule has 1 rings (SSSR count). The molecule has 0 fully saturated rings. The van der Waals surface area contributed by atoms with Crippen molar-refractivity contribution in [3.05, 3.63) is 34.0 Å². The molecule has 78 valence electrons. The molecule has 3 heteroatoms. The number of hydrogen-bond acceptors (Lipinski definition) is 3. The number of rotatable bonds is 6. The van der Waals surface area contributed by atoms with Crippen LogP contribution in [0, 0.1) is 6.92 Å². The molecule has 2 N–H and O–H groups in total. The predicted molar refractivity (Wildman–Crippen MR) is 61.4 cm³/mol. The van der Waals surface area contributed by atoms with Crippen molar-refractivity contribution < 1.29 is 4.74 Å². The second-order valence-corrected chi connectivity index (χ2v) is 4.47. The van der Waals surface area contributed by atoms with Gasteiger partial charge in [-0.15, -0.1) is 17.9 Å². The van der Waals surface area contributed by atoms with Crippen molar-refractivity contribution in [3.63, 3.8) is 0 Å². The maximum atomic E-state index is 5.56. The van der Waals surface area contributed by atoms with Crippen molar-refractivity contribution in [1.82, 2.24) is 0 Å². The van der Waals surface area contributed by atoms with E-state index in [-0.39, 0.29) is 0 Å². The summed E-state index contributed by atoms with van der Waals surface area (Å²) in [6.45, 7) is 7.81. The van der Waals surface area contributed by atoms with Crippen LogP contribution in [-0.2, 0) is 17.9 Å². The highest BCUT2D eigenvalue weighted by Crippen LogP contribution is 2.21. The van der Waals surface area contributed by atoms with Gasteiger partial charge in [0.2, 0.25) is 0 Å². The molecule has 0 saturated carbocycles. The molecule has 1 heterocycles. The van der Waals surface area contributed by atoms with Crippen LogP contribution < -0.4 is 5.73 Å². The van der Waals surface area contributed by atoms with Gasteiger partial charge in [0.05, 0.1) is 13.2 Å². The van der Waals surface area contributed by atoms with Crippen molar-refractivity contribution in [3.8, 4) is 0 Å². The van der Waals surface area contributed by atoms with E-state index in [0.29, 0.717) is 13.2 Å². The van der Waals surface area contributed by atoms with Crippen LogP contribution in [0.3, 0.4) is 0 Å². The van der Waals surface area contributed by atoms with Gasteiger partial charge in [-0.05, 0) is 25.0 Å². The Bertz CT molecular complexity index is 293. The first-order valence-electron chi connectivity index (χ1n) is 4.74. The smallest absolute Gasteiger partial charge is 0.0727 e. The summed E-state index contributed by atoms with van der Waals surface area (Å²) in [5.41, 5.74) is 6.83. The van der Waals surface area contributed by atoms with Crippen LogP contribution in [0.15, 0.2) is 18.7 Å². The minimum Gasteiger partial charge on any atom is -0.376 e. The van der Waals surface area contributed by atoms with E-state index in [1.807, 2.05) is 6.08 Å². The number of hydrogen-bond donors (Lipinski definition) is 1. The minimum atomic E-state index is 0.623. The summed E-state index contributed by atoms with van der Waals surface area (Å²) in [6, 6.07) is 2.13. The largest absolute Gasteiger partial charge is 0.376 e. The molecule has 0 aromatic carbocycles. The third-order valence-electron chi connectivity index (χ3n) is 2.00. The molecular formula is C11H17NOS. The zero-order valence-corrected chi connectivity index (χ0v) is 9.40. The van der Waals surface area contributed by atoms with Crippen molar-refractivity contribution >= 4 is 11.3 Å². The second-order valence-electron chi connectivity index (χ2n) is 3.13. The van der Waals surface area contributed by atoms with E-state index in [9.17, 15) is 0 Å². The molecule has 14 heavy (non-hydrogen) atoms. The lowest BCUT2D eigenvalue weighted by atomic mass is 10.2. The summed E-state index contributed by atoms with van der Waals surface area (Å²) in [5.74, 6) is 0. The highest BCUT2D eigenvalue weighted by molar-refractivity contribution is 7.12. The van der Waals surface area contributed by atoms with Crippen LogP contribution >= 0.6 is 11.3 Å². The molecule has 0 unspecified atom stereocenters. The number of ether oxygens (including phenoxy) is 1. The second kappa shape index (κ2) is 5.96. The van der Waals surface area contributed by atoms with Gasteiger partial charge in [0.25, 0.3) is 0 Å². The van der Waals surface area contributed by atoms with Gasteiger partial charge in [-0.2, -0.15) is 0 Å². The Morgan fingerprint density at radius 2 is 2.43 bits per heavy atom. The predicted octanol–water partition coefficient (Wildman–Crippen LogP) is 2.61. The van der Waals surface area contributed by atoms with Crippen LogP contribution in [0.25, 0.3) is 0 Å². The van der Waals surface area contributed by atoms with Crippen molar-refractivity contribution in [2.75, 3.05) is 6.61 Å². The maximum Gasteiger partial charge on any atom is 0.0727 e. The summed E-state index contributed by atoms with van der Waals surface area (Å²) in [4.78, 5) is 2.54. The van der Waals surface area contributed by atoms with E-state index in [1.165, 1.54) is 15.3 Å². The van der Waals surface area contributed by atoms with Gasteiger partial charge in [-0.1, -0.05) is 6.08 Å². The Balaban J connectivity index is 2.41. The Hall–Kier alpha value is -0.640. The van der Waals surface area contributed by atoms with Crippen molar-refractivity contribution in [1.29, 1.82) is 0 Å². The standard InChI is InChI=1S/C11H17NOS/c1-3-4-5-13-8-10-6-11(7-12)14-9(10)2/h3,6H,1,4-5,7-8,12H2,2H3. The SMILES string of the molecule is C=CCCOCc1cc(CN)sc1C. The van der Waals surface area contributed by atoms with Crippen LogP contribution in [-0.4, -0.2) is 6.61 Å². The summed E-state index contributed by atoms with van der Waals surface area (Å²) < 4.78 is 5.49. The Kier molecular flexibility index (Phi) is 4.87. The molecule has 0 bridgehead atoms. The Labute approximate surface area is 89.4 Å². The summed E-state index contributed by atoms with van der Waals surface area (Å²) in [6.07, 6.45) is 2.78. The molecule has 0 amide bonds. The lowest BCUT2D eigenvalue weighted by molar-refractivity contribution is 0.125. The lowest BCUT2D eigenvalue weighted by Crippen LogP contribution is -1.95. The molecule has 0 atom stereocenters. The van der Waals surface area contributed by atoms with Crippen LogP contribution in [0.4, 0.5) is 0 Å². The van der Waals surface area contributed by atoms with Crippen LogP contribution in [0.1, 0.15) is 21.7 Å².